The quantitative estimate of drug-likeness (QED) is 0.358. The van der Waals surface area contributed by atoms with Crippen LogP contribution >= 0.6 is 11.3 Å². The van der Waals surface area contributed by atoms with Crippen LogP contribution in [-0.2, 0) is 19.4 Å². The summed E-state index contributed by atoms with van der Waals surface area (Å²) in [5.41, 5.74) is 6.27. The molecule has 6 heteroatoms. The Morgan fingerprint density at radius 3 is 2.19 bits per heavy atom. The fourth-order valence-corrected chi connectivity index (χ4v) is 6.17. The Kier molecular flexibility index (Phi) is 8.59. The molecule has 3 heterocycles. The highest BCUT2D eigenvalue weighted by molar-refractivity contribution is 7.13. The number of piperazine rings is 1. The summed E-state index contributed by atoms with van der Waals surface area (Å²) >= 11 is 1.73. The van der Waals surface area contributed by atoms with Gasteiger partial charge in [0, 0.05) is 81.5 Å². The predicted octanol–water partition coefficient (Wildman–Crippen LogP) is 5.65. The van der Waals surface area contributed by atoms with Crippen LogP contribution in [0.4, 0.5) is 5.13 Å². The molecule has 194 valence electrons. The summed E-state index contributed by atoms with van der Waals surface area (Å²) in [6.45, 7) is 15.9. The molecular formula is C31H39N5S. The maximum Gasteiger partial charge on any atom is 0.182 e. The number of hydrogen-bond donors (Lipinski definition) is 1. The van der Waals surface area contributed by atoms with Crippen molar-refractivity contribution in [3.05, 3.63) is 107 Å². The lowest BCUT2D eigenvalue weighted by atomic mass is 10.1. The zero-order chi connectivity index (χ0) is 25.5. The summed E-state index contributed by atoms with van der Waals surface area (Å²) in [5, 5.41) is 6.87. The molecule has 3 aromatic rings. The topological polar surface area (TPSA) is 34.6 Å². The summed E-state index contributed by atoms with van der Waals surface area (Å²) in [6, 6.07) is 21.8. The zero-order valence-corrected chi connectivity index (χ0v) is 22.6. The van der Waals surface area contributed by atoms with E-state index in [1.807, 2.05) is 0 Å². The first-order chi connectivity index (χ1) is 18.1. The summed E-state index contributed by atoms with van der Waals surface area (Å²) < 4.78 is 0. The first-order valence-corrected chi connectivity index (χ1v) is 14.4. The van der Waals surface area contributed by atoms with Gasteiger partial charge < -0.3 is 15.1 Å². The Labute approximate surface area is 226 Å². The third kappa shape index (κ3) is 7.02. The van der Waals surface area contributed by atoms with Crippen LogP contribution in [0.5, 0.6) is 0 Å². The highest BCUT2D eigenvalue weighted by Crippen LogP contribution is 2.25. The number of allylic oxidation sites excluding steroid dienone is 2. The molecule has 5 nitrogen and oxygen atoms in total. The number of anilines is 1. The second kappa shape index (κ2) is 12.4. The average Bonchev–Trinajstić information content (AvgIpc) is 3.58. The van der Waals surface area contributed by atoms with Crippen molar-refractivity contribution in [2.24, 2.45) is 0 Å². The minimum atomic E-state index is 0.487. The van der Waals surface area contributed by atoms with Crippen molar-refractivity contribution in [3.63, 3.8) is 0 Å². The lowest BCUT2D eigenvalue weighted by Gasteiger charge is -2.36. The van der Waals surface area contributed by atoms with Crippen molar-refractivity contribution in [1.29, 1.82) is 0 Å². The van der Waals surface area contributed by atoms with Gasteiger partial charge in [-0.1, -0.05) is 73.8 Å². The van der Waals surface area contributed by atoms with Crippen LogP contribution in [0.1, 0.15) is 29.7 Å². The second-order valence-electron chi connectivity index (χ2n) is 10.2. The minimum Gasteiger partial charge on any atom is -0.372 e. The van der Waals surface area contributed by atoms with E-state index in [0.717, 1.165) is 63.8 Å². The number of rotatable bonds is 11. The first-order valence-electron chi connectivity index (χ1n) is 13.5. The molecule has 0 spiro atoms. The van der Waals surface area contributed by atoms with E-state index in [4.69, 9.17) is 4.98 Å². The predicted molar refractivity (Wildman–Crippen MR) is 156 cm³/mol. The molecule has 37 heavy (non-hydrogen) atoms. The van der Waals surface area contributed by atoms with Crippen LogP contribution in [0.15, 0.2) is 90.6 Å². The van der Waals surface area contributed by atoms with Gasteiger partial charge in [-0.15, -0.1) is 11.3 Å². The van der Waals surface area contributed by atoms with Gasteiger partial charge in [-0.25, -0.2) is 4.98 Å². The van der Waals surface area contributed by atoms with Gasteiger partial charge >= 0.3 is 0 Å². The van der Waals surface area contributed by atoms with E-state index in [0.29, 0.717) is 6.04 Å². The van der Waals surface area contributed by atoms with Gasteiger partial charge in [-0.2, -0.15) is 0 Å². The van der Waals surface area contributed by atoms with Gasteiger partial charge in [0.1, 0.15) is 0 Å². The number of thiazole rings is 1. The molecule has 0 amide bonds. The number of likely N-dealkylation sites (tertiary alicyclic amines) is 1. The van der Waals surface area contributed by atoms with Crippen LogP contribution in [0, 0.1) is 0 Å². The largest absolute Gasteiger partial charge is 0.372 e. The van der Waals surface area contributed by atoms with Crippen LogP contribution in [0.3, 0.4) is 0 Å². The Balaban J connectivity index is 1.05. The van der Waals surface area contributed by atoms with Gasteiger partial charge in [0.05, 0.1) is 5.69 Å². The summed E-state index contributed by atoms with van der Waals surface area (Å²) in [5.74, 6) is 0. The smallest absolute Gasteiger partial charge is 0.182 e. The molecule has 2 aliphatic rings. The molecule has 1 atom stereocenters. The fourth-order valence-electron chi connectivity index (χ4n) is 5.46. The van der Waals surface area contributed by atoms with Crippen LogP contribution in [0.25, 0.3) is 0 Å². The van der Waals surface area contributed by atoms with E-state index in [-0.39, 0.29) is 0 Å². The average molecular weight is 514 g/mol. The SMILES string of the molecule is C=C(Cc1ccccc1)N1CCN(Cc2csc(NCC3CCCN3C(=C)Cc3ccccc3)n2)CC1. The monoisotopic (exact) mass is 513 g/mol. The van der Waals surface area contributed by atoms with E-state index in [2.05, 4.69) is 99.2 Å². The van der Waals surface area contributed by atoms with Crippen molar-refractivity contribution in [2.45, 2.75) is 38.3 Å². The molecule has 0 bridgehead atoms. The summed E-state index contributed by atoms with van der Waals surface area (Å²) in [7, 11) is 0. The third-order valence-electron chi connectivity index (χ3n) is 7.53. The maximum atomic E-state index is 4.91. The molecule has 1 unspecified atom stereocenters. The van der Waals surface area contributed by atoms with Crippen molar-refractivity contribution in [3.8, 4) is 0 Å². The Bertz CT molecular complexity index is 1150. The van der Waals surface area contributed by atoms with Crippen LogP contribution in [-0.4, -0.2) is 65.0 Å². The summed E-state index contributed by atoms with van der Waals surface area (Å²) in [6.07, 6.45) is 4.29. The number of hydrogen-bond acceptors (Lipinski definition) is 6. The van der Waals surface area contributed by atoms with Gasteiger partial charge in [-0.05, 0) is 24.0 Å². The fraction of sp³-hybridized carbons (Fsp3) is 0.387. The molecule has 1 N–H and O–H groups in total. The van der Waals surface area contributed by atoms with Crippen molar-refractivity contribution in [2.75, 3.05) is 44.6 Å². The zero-order valence-electron chi connectivity index (χ0n) is 21.8. The molecule has 1 aromatic heterocycles. The number of aromatic nitrogens is 1. The van der Waals surface area contributed by atoms with E-state index < -0.39 is 0 Å². The van der Waals surface area contributed by atoms with E-state index in [9.17, 15) is 0 Å². The highest BCUT2D eigenvalue weighted by Gasteiger charge is 2.25. The number of nitrogens with one attached hydrogen (secondary N) is 1. The molecule has 0 radical (unpaired) electrons. The minimum absolute atomic E-state index is 0.487. The molecule has 2 aromatic carbocycles. The lowest BCUT2D eigenvalue weighted by Crippen LogP contribution is -2.45. The van der Waals surface area contributed by atoms with Gasteiger partial charge in [0.25, 0.3) is 0 Å². The molecule has 2 aliphatic heterocycles. The normalized spacial score (nSPS) is 18.2. The van der Waals surface area contributed by atoms with E-state index >= 15 is 0 Å². The van der Waals surface area contributed by atoms with Gasteiger partial charge in [0.15, 0.2) is 5.13 Å². The van der Waals surface area contributed by atoms with E-state index in [1.54, 1.807) is 11.3 Å². The Morgan fingerprint density at radius 1 is 0.865 bits per heavy atom. The third-order valence-corrected chi connectivity index (χ3v) is 8.38. The number of nitrogens with zero attached hydrogens (tertiary/aromatic N) is 4. The Morgan fingerprint density at radius 2 is 1.51 bits per heavy atom. The molecule has 0 aliphatic carbocycles. The first kappa shape index (κ1) is 25.6. The van der Waals surface area contributed by atoms with Crippen molar-refractivity contribution < 1.29 is 0 Å². The second-order valence-corrected chi connectivity index (χ2v) is 11.1. The Hall–Kier alpha value is -3.09. The van der Waals surface area contributed by atoms with Gasteiger partial charge in [0.2, 0.25) is 0 Å². The number of benzene rings is 2. The highest BCUT2D eigenvalue weighted by atomic mass is 32.1. The molecular weight excluding hydrogens is 474 g/mol. The summed E-state index contributed by atoms with van der Waals surface area (Å²) in [4.78, 5) is 12.4. The molecule has 0 saturated carbocycles. The van der Waals surface area contributed by atoms with E-state index in [1.165, 1.54) is 41.1 Å². The molecule has 2 fully saturated rings. The van der Waals surface area contributed by atoms with Gasteiger partial charge in [-0.3, -0.25) is 4.90 Å². The van der Waals surface area contributed by atoms with Crippen LogP contribution < -0.4 is 5.32 Å². The lowest BCUT2D eigenvalue weighted by molar-refractivity contribution is 0.150. The molecule has 2 saturated heterocycles. The van der Waals surface area contributed by atoms with Crippen molar-refractivity contribution >= 4 is 16.5 Å². The molecule has 5 rings (SSSR count). The van der Waals surface area contributed by atoms with Crippen molar-refractivity contribution in [1.82, 2.24) is 19.7 Å². The van der Waals surface area contributed by atoms with Crippen LogP contribution in [0.2, 0.25) is 0 Å². The maximum absolute atomic E-state index is 4.91. The standard InChI is InChI=1S/C31H39N5S/c1-25(20-27-10-5-3-6-11-27)35-18-16-34(17-19-35)23-29-24-37-31(33-29)32-22-30-14-9-15-36(30)26(2)21-28-12-7-4-8-13-28/h3-8,10-13,24,30H,1-2,9,14-23H2,(H,32,33).